The number of aromatic nitrogens is 2. The van der Waals surface area contributed by atoms with Crippen LogP contribution in [0.5, 0.6) is 23.0 Å². The van der Waals surface area contributed by atoms with E-state index in [1.54, 1.807) is 36.4 Å². The van der Waals surface area contributed by atoms with Crippen molar-refractivity contribution in [2.24, 2.45) is 0 Å². The number of rotatable bonds is 6. The Bertz CT molecular complexity index is 1550. The number of aliphatic hydroxyl groups is 1. The third-order valence-electron chi connectivity index (χ3n) is 6.29. The third kappa shape index (κ3) is 3.53. The Labute approximate surface area is 209 Å². The van der Waals surface area contributed by atoms with Crippen molar-refractivity contribution in [3.8, 4) is 23.0 Å². The van der Waals surface area contributed by atoms with Gasteiger partial charge in [-0.15, -0.1) is 0 Å². The molecule has 0 bridgehead atoms. The quantitative estimate of drug-likeness (QED) is 0.392. The first-order valence-electron chi connectivity index (χ1n) is 11.0. The molecule has 0 radical (unpaired) electrons. The van der Waals surface area contributed by atoms with E-state index in [1.165, 1.54) is 14.2 Å². The fourth-order valence-corrected chi connectivity index (χ4v) is 5.03. The number of benzene rings is 3. The molecule has 0 saturated carbocycles. The standard InChI is InChI=1S/C26H20N2O7S/c1-31-20-8-5-16(12-22(20)32-2)26(30)17(9-14-3-6-18-19(10-14)28-36-27-18)24(25(29)35-26)15-4-7-21-23(11-15)34-13-33-21/h3-8,10-12,30H,9,13H2,1-2H3. The second-order valence-electron chi connectivity index (χ2n) is 8.29. The van der Waals surface area contributed by atoms with Crippen LogP contribution >= 0.6 is 11.7 Å². The number of nitrogens with zero attached hydrogens (tertiary/aromatic N) is 2. The Morgan fingerprint density at radius 3 is 2.58 bits per heavy atom. The first-order chi connectivity index (χ1) is 17.5. The van der Waals surface area contributed by atoms with Gasteiger partial charge in [0.1, 0.15) is 11.0 Å². The molecule has 0 aliphatic carbocycles. The highest BCUT2D eigenvalue weighted by atomic mass is 32.1. The van der Waals surface area contributed by atoms with Gasteiger partial charge in [0.05, 0.1) is 31.5 Å². The summed E-state index contributed by atoms with van der Waals surface area (Å²) in [5.74, 6) is -0.718. The molecule has 1 atom stereocenters. The van der Waals surface area contributed by atoms with Crippen molar-refractivity contribution in [1.29, 1.82) is 0 Å². The van der Waals surface area contributed by atoms with Gasteiger partial charge in [0.2, 0.25) is 6.79 Å². The lowest BCUT2D eigenvalue weighted by atomic mass is 9.87. The summed E-state index contributed by atoms with van der Waals surface area (Å²) in [7, 11) is 3.02. The minimum Gasteiger partial charge on any atom is -0.493 e. The van der Waals surface area contributed by atoms with Crippen LogP contribution in [0.4, 0.5) is 0 Å². The topological polar surface area (TPSA) is 109 Å². The van der Waals surface area contributed by atoms with E-state index in [9.17, 15) is 9.90 Å². The van der Waals surface area contributed by atoms with Crippen LogP contribution in [0.3, 0.4) is 0 Å². The predicted octanol–water partition coefficient (Wildman–Crippen LogP) is 3.84. The van der Waals surface area contributed by atoms with Crippen molar-refractivity contribution in [2.45, 2.75) is 12.2 Å². The van der Waals surface area contributed by atoms with E-state index in [0.717, 1.165) is 28.3 Å². The summed E-state index contributed by atoms with van der Waals surface area (Å²) in [5.41, 5.74) is 3.86. The highest BCUT2D eigenvalue weighted by molar-refractivity contribution is 7.00. The Morgan fingerprint density at radius 2 is 1.75 bits per heavy atom. The van der Waals surface area contributed by atoms with Gasteiger partial charge in [-0.1, -0.05) is 12.1 Å². The molecule has 10 heteroatoms. The summed E-state index contributed by atoms with van der Waals surface area (Å²) >= 11 is 1.13. The second-order valence-corrected chi connectivity index (χ2v) is 8.82. The van der Waals surface area contributed by atoms with Gasteiger partial charge in [0, 0.05) is 17.6 Å². The van der Waals surface area contributed by atoms with Crippen LogP contribution in [0.1, 0.15) is 16.7 Å². The minimum absolute atomic E-state index is 0.104. The van der Waals surface area contributed by atoms with Gasteiger partial charge in [-0.3, -0.25) is 0 Å². The first-order valence-corrected chi connectivity index (χ1v) is 11.8. The first kappa shape index (κ1) is 22.3. The van der Waals surface area contributed by atoms with Crippen LogP contribution < -0.4 is 18.9 Å². The van der Waals surface area contributed by atoms with Gasteiger partial charge in [-0.25, -0.2) is 4.79 Å². The van der Waals surface area contributed by atoms with E-state index < -0.39 is 11.8 Å². The van der Waals surface area contributed by atoms with Gasteiger partial charge in [0.25, 0.3) is 5.79 Å². The number of fused-ring (bicyclic) bond motifs is 2. The number of esters is 1. The Kier molecular flexibility index (Phi) is 5.27. The molecule has 3 heterocycles. The molecule has 0 fully saturated rings. The highest BCUT2D eigenvalue weighted by Crippen LogP contribution is 2.47. The molecular weight excluding hydrogens is 484 g/mol. The van der Waals surface area contributed by atoms with Crippen molar-refractivity contribution in [3.63, 3.8) is 0 Å². The molecule has 36 heavy (non-hydrogen) atoms. The number of cyclic esters (lactones) is 1. The fraction of sp³-hybridized carbons (Fsp3) is 0.192. The van der Waals surface area contributed by atoms with E-state index in [-0.39, 0.29) is 18.8 Å². The number of carbonyl (C=O) groups excluding carboxylic acids is 1. The Hall–Kier alpha value is -4.15. The highest BCUT2D eigenvalue weighted by Gasteiger charge is 2.48. The molecule has 0 spiro atoms. The lowest BCUT2D eigenvalue weighted by molar-refractivity contribution is -0.185. The van der Waals surface area contributed by atoms with Gasteiger partial charge < -0.3 is 28.8 Å². The van der Waals surface area contributed by atoms with Crippen molar-refractivity contribution >= 4 is 34.3 Å². The summed E-state index contributed by atoms with van der Waals surface area (Å²) in [6.07, 6.45) is 0.216. The zero-order valence-corrected chi connectivity index (χ0v) is 20.1. The zero-order chi connectivity index (χ0) is 24.9. The Balaban J connectivity index is 1.53. The third-order valence-corrected chi connectivity index (χ3v) is 6.85. The van der Waals surface area contributed by atoms with Gasteiger partial charge >= 0.3 is 5.97 Å². The van der Waals surface area contributed by atoms with E-state index in [4.69, 9.17) is 23.7 Å². The number of methoxy groups -OCH3 is 2. The van der Waals surface area contributed by atoms with Crippen molar-refractivity contribution in [2.75, 3.05) is 21.0 Å². The second kappa shape index (κ2) is 8.51. The fourth-order valence-electron chi connectivity index (χ4n) is 4.51. The monoisotopic (exact) mass is 504 g/mol. The molecule has 4 aromatic rings. The molecule has 182 valence electrons. The van der Waals surface area contributed by atoms with Crippen molar-refractivity contribution in [3.05, 3.63) is 76.9 Å². The smallest absolute Gasteiger partial charge is 0.342 e. The SMILES string of the molecule is COc1ccc(C2(O)OC(=O)C(c3ccc4c(c3)OCO4)=C2Cc2ccc3nsnc3c2)cc1OC. The lowest BCUT2D eigenvalue weighted by Gasteiger charge is -2.26. The normalized spacial score (nSPS) is 18.6. The summed E-state index contributed by atoms with van der Waals surface area (Å²) in [5, 5.41) is 12.0. The molecule has 9 nitrogen and oxygen atoms in total. The average molecular weight is 505 g/mol. The zero-order valence-electron chi connectivity index (χ0n) is 19.3. The number of hydrogen-bond acceptors (Lipinski definition) is 10. The maximum absolute atomic E-state index is 13.3. The van der Waals surface area contributed by atoms with Crippen molar-refractivity contribution < 1.29 is 33.6 Å². The van der Waals surface area contributed by atoms with E-state index >= 15 is 0 Å². The van der Waals surface area contributed by atoms with Crippen LogP contribution in [0.15, 0.2) is 60.2 Å². The van der Waals surface area contributed by atoms with E-state index in [2.05, 4.69) is 8.75 Å². The molecule has 0 amide bonds. The van der Waals surface area contributed by atoms with Gasteiger partial charge in [-0.05, 0) is 53.6 Å². The molecule has 1 aromatic heterocycles. The molecule has 6 rings (SSSR count). The molecule has 2 aliphatic heterocycles. The molecular formula is C26H20N2O7S. The van der Waals surface area contributed by atoms with E-state index in [1.807, 2.05) is 18.2 Å². The summed E-state index contributed by atoms with van der Waals surface area (Å²) in [6, 6.07) is 15.7. The summed E-state index contributed by atoms with van der Waals surface area (Å²) in [6.45, 7) is 0.104. The van der Waals surface area contributed by atoms with Crippen LogP contribution in [-0.4, -0.2) is 40.8 Å². The molecule has 2 aliphatic rings. The maximum Gasteiger partial charge on any atom is 0.342 e. The minimum atomic E-state index is -2.04. The number of carbonyl (C=O) groups is 1. The molecule has 3 aromatic carbocycles. The van der Waals surface area contributed by atoms with Gasteiger partial charge in [0.15, 0.2) is 23.0 Å². The van der Waals surface area contributed by atoms with Crippen LogP contribution in [0, 0.1) is 0 Å². The van der Waals surface area contributed by atoms with Gasteiger partial charge in [-0.2, -0.15) is 8.75 Å². The van der Waals surface area contributed by atoms with Crippen LogP contribution in [0.2, 0.25) is 0 Å². The van der Waals surface area contributed by atoms with Crippen LogP contribution in [-0.2, 0) is 21.7 Å². The number of ether oxygens (including phenoxy) is 5. The Morgan fingerprint density at radius 1 is 0.944 bits per heavy atom. The molecule has 1 unspecified atom stereocenters. The molecule has 0 saturated heterocycles. The largest absolute Gasteiger partial charge is 0.493 e. The number of hydrogen-bond donors (Lipinski definition) is 1. The molecule has 1 N–H and O–H groups in total. The van der Waals surface area contributed by atoms with E-state index in [0.29, 0.717) is 39.7 Å². The summed E-state index contributed by atoms with van der Waals surface area (Å²) in [4.78, 5) is 13.3. The maximum atomic E-state index is 13.3. The van der Waals surface area contributed by atoms with Crippen molar-refractivity contribution in [1.82, 2.24) is 8.75 Å². The summed E-state index contributed by atoms with van der Waals surface area (Å²) < 4.78 is 36.0. The predicted molar refractivity (Wildman–Crippen MR) is 130 cm³/mol. The lowest BCUT2D eigenvalue weighted by Crippen LogP contribution is -2.29. The average Bonchev–Trinajstić information content (AvgIpc) is 3.61. The van der Waals surface area contributed by atoms with Crippen LogP contribution in [0.25, 0.3) is 16.6 Å².